The average Bonchev–Trinajstić information content (AvgIpc) is 2.69. The third-order valence-corrected chi connectivity index (χ3v) is 5.55. The van der Waals surface area contributed by atoms with Crippen molar-refractivity contribution < 1.29 is 14.0 Å². The number of nitrogens with zero attached hydrogens (tertiary/aromatic N) is 2. The molecule has 1 amide bonds. The van der Waals surface area contributed by atoms with E-state index in [1.165, 1.54) is 41.2 Å². The van der Waals surface area contributed by atoms with E-state index in [1.807, 2.05) is 13.8 Å². The standard InChI is InChI=1S/C23H19ClFN3O3/c1-23(2)10-15-16(18(29)11-23)12-28(14-7-5-13(25)6-8-14)22(31)19(15)21(30)27-17-4-3-9-26-20(17)24/h3-9,12H,10-11H2,1-2H3,(H,27,30). The number of amides is 1. The molecule has 0 fully saturated rings. The van der Waals surface area contributed by atoms with Crippen LogP contribution in [-0.2, 0) is 6.42 Å². The minimum atomic E-state index is -0.682. The predicted molar refractivity (Wildman–Crippen MR) is 116 cm³/mol. The number of anilines is 1. The Balaban J connectivity index is 1.92. The molecule has 31 heavy (non-hydrogen) atoms. The fraction of sp³-hybridized carbons (Fsp3) is 0.217. The number of rotatable bonds is 3. The van der Waals surface area contributed by atoms with Crippen molar-refractivity contribution in [3.63, 3.8) is 0 Å². The van der Waals surface area contributed by atoms with E-state index in [1.54, 1.807) is 12.1 Å². The van der Waals surface area contributed by atoms with Crippen molar-refractivity contribution in [2.24, 2.45) is 5.41 Å². The van der Waals surface area contributed by atoms with E-state index in [9.17, 15) is 18.8 Å². The van der Waals surface area contributed by atoms with Crippen molar-refractivity contribution >= 4 is 29.0 Å². The summed E-state index contributed by atoms with van der Waals surface area (Å²) in [6, 6.07) is 8.42. The summed E-state index contributed by atoms with van der Waals surface area (Å²) in [5.41, 5.74) is 0.171. The van der Waals surface area contributed by atoms with E-state index in [-0.39, 0.29) is 28.6 Å². The van der Waals surface area contributed by atoms with E-state index >= 15 is 0 Å². The molecule has 2 aromatic heterocycles. The summed E-state index contributed by atoms with van der Waals surface area (Å²) in [4.78, 5) is 43.5. The number of pyridine rings is 2. The van der Waals surface area contributed by atoms with Gasteiger partial charge in [-0.1, -0.05) is 25.4 Å². The van der Waals surface area contributed by atoms with E-state index in [0.717, 1.165) is 0 Å². The maximum absolute atomic E-state index is 13.4. The van der Waals surface area contributed by atoms with Crippen molar-refractivity contribution in [3.05, 3.63) is 86.8 Å². The Labute approximate surface area is 182 Å². The van der Waals surface area contributed by atoms with Gasteiger partial charge in [-0.3, -0.25) is 19.0 Å². The number of carbonyl (C=O) groups excluding carboxylic acids is 2. The topological polar surface area (TPSA) is 81.1 Å². The Morgan fingerprint density at radius 1 is 1.16 bits per heavy atom. The first-order valence-electron chi connectivity index (χ1n) is 9.66. The van der Waals surface area contributed by atoms with Crippen molar-refractivity contribution in [1.29, 1.82) is 0 Å². The first kappa shape index (κ1) is 20.9. The average molecular weight is 440 g/mol. The molecule has 0 atom stereocenters. The second-order valence-electron chi connectivity index (χ2n) is 8.28. The zero-order chi connectivity index (χ0) is 22.3. The molecule has 0 saturated carbocycles. The number of carbonyl (C=O) groups is 2. The van der Waals surface area contributed by atoms with Crippen molar-refractivity contribution in [2.75, 3.05) is 5.32 Å². The smallest absolute Gasteiger partial charge is 0.268 e. The van der Waals surface area contributed by atoms with Crippen LogP contribution in [-0.4, -0.2) is 21.2 Å². The lowest BCUT2D eigenvalue weighted by Crippen LogP contribution is -2.37. The SMILES string of the molecule is CC1(C)CC(=O)c2cn(-c3ccc(F)cc3)c(=O)c(C(=O)Nc3cccnc3Cl)c2C1. The molecule has 1 N–H and O–H groups in total. The Bertz CT molecular complexity index is 1270. The molecule has 2 heterocycles. The van der Waals surface area contributed by atoms with Crippen LogP contribution >= 0.6 is 11.6 Å². The lowest BCUT2D eigenvalue weighted by atomic mass is 9.73. The first-order valence-corrected chi connectivity index (χ1v) is 10.0. The first-order chi connectivity index (χ1) is 14.7. The molecule has 8 heteroatoms. The Hall–Kier alpha value is -3.32. The maximum Gasteiger partial charge on any atom is 0.268 e. The zero-order valence-electron chi connectivity index (χ0n) is 16.9. The number of benzene rings is 1. The van der Waals surface area contributed by atoms with Gasteiger partial charge in [-0.05, 0) is 53.8 Å². The minimum Gasteiger partial charge on any atom is -0.319 e. The van der Waals surface area contributed by atoms with Gasteiger partial charge >= 0.3 is 0 Å². The van der Waals surface area contributed by atoms with E-state index in [4.69, 9.17) is 11.6 Å². The fourth-order valence-corrected chi connectivity index (χ4v) is 4.00. The highest BCUT2D eigenvalue weighted by molar-refractivity contribution is 6.32. The molecule has 3 aromatic rings. The van der Waals surface area contributed by atoms with Gasteiger partial charge in [0.2, 0.25) is 0 Å². The van der Waals surface area contributed by atoms with Gasteiger partial charge in [0, 0.05) is 30.1 Å². The third-order valence-electron chi connectivity index (χ3n) is 5.25. The Kier molecular flexibility index (Phi) is 5.23. The highest BCUT2D eigenvalue weighted by Crippen LogP contribution is 2.36. The van der Waals surface area contributed by atoms with Crippen LogP contribution in [0.2, 0.25) is 5.15 Å². The van der Waals surface area contributed by atoms with Crippen LogP contribution in [0, 0.1) is 11.2 Å². The molecule has 0 spiro atoms. The molecule has 0 radical (unpaired) electrons. The molecule has 0 aliphatic heterocycles. The van der Waals surface area contributed by atoms with E-state index < -0.39 is 22.7 Å². The second kappa shape index (κ2) is 7.74. The summed E-state index contributed by atoms with van der Waals surface area (Å²) in [5, 5.41) is 2.71. The maximum atomic E-state index is 13.4. The molecule has 0 bridgehead atoms. The second-order valence-corrected chi connectivity index (χ2v) is 8.64. The van der Waals surface area contributed by atoms with Crippen molar-refractivity contribution in [1.82, 2.24) is 9.55 Å². The minimum absolute atomic E-state index is 0.0796. The van der Waals surface area contributed by atoms with Gasteiger partial charge in [0.25, 0.3) is 11.5 Å². The normalized spacial score (nSPS) is 14.8. The number of nitrogens with one attached hydrogen (secondary N) is 1. The highest BCUT2D eigenvalue weighted by Gasteiger charge is 2.36. The number of Topliss-reactive ketones (excluding diaryl/α,β-unsaturated/α-hetero) is 1. The summed E-state index contributed by atoms with van der Waals surface area (Å²) in [6.07, 6.45) is 3.59. The lowest BCUT2D eigenvalue weighted by Gasteiger charge is -2.31. The summed E-state index contributed by atoms with van der Waals surface area (Å²) in [5.74, 6) is -1.30. The largest absolute Gasteiger partial charge is 0.319 e. The van der Waals surface area contributed by atoms with Crippen molar-refractivity contribution in [3.8, 4) is 5.69 Å². The Morgan fingerprint density at radius 3 is 2.55 bits per heavy atom. The number of halogens is 2. The van der Waals surface area contributed by atoms with Crippen LogP contribution in [0.3, 0.4) is 0 Å². The number of hydrogen-bond donors (Lipinski definition) is 1. The van der Waals surface area contributed by atoms with Gasteiger partial charge in [-0.2, -0.15) is 0 Å². The predicted octanol–water partition coefficient (Wildman–Crippen LogP) is 4.43. The van der Waals surface area contributed by atoms with Gasteiger partial charge in [0.05, 0.1) is 5.69 Å². The van der Waals surface area contributed by atoms with Gasteiger partial charge in [0.1, 0.15) is 11.4 Å². The summed E-state index contributed by atoms with van der Waals surface area (Å²) >= 11 is 6.05. The molecule has 0 saturated heterocycles. The zero-order valence-corrected chi connectivity index (χ0v) is 17.7. The van der Waals surface area contributed by atoms with Gasteiger partial charge < -0.3 is 5.32 Å². The Morgan fingerprint density at radius 2 is 1.87 bits per heavy atom. The molecule has 4 rings (SSSR count). The monoisotopic (exact) mass is 439 g/mol. The summed E-state index contributed by atoms with van der Waals surface area (Å²) < 4.78 is 14.6. The van der Waals surface area contributed by atoms with Crippen LogP contribution < -0.4 is 10.9 Å². The molecule has 0 unspecified atom stereocenters. The molecule has 158 valence electrons. The molecule has 1 aliphatic rings. The van der Waals surface area contributed by atoms with Crippen LogP contribution in [0.5, 0.6) is 0 Å². The summed E-state index contributed by atoms with van der Waals surface area (Å²) in [7, 11) is 0. The van der Waals surface area contributed by atoms with E-state index in [2.05, 4.69) is 10.3 Å². The number of aromatic nitrogens is 2. The molecule has 1 aliphatic carbocycles. The highest BCUT2D eigenvalue weighted by atomic mass is 35.5. The molecule has 6 nitrogen and oxygen atoms in total. The number of fused-ring (bicyclic) bond motifs is 1. The van der Waals surface area contributed by atoms with E-state index in [0.29, 0.717) is 23.2 Å². The fourth-order valence-electron chi connectivity index (χ4n) is 3.84. The van der Waals surface area contributed by atoms with Gasteiger partial charge in [-0.15, -0.1) is 0 Å². The molecular formula is C23H19ClFN3O3. The lowest BCUT2D eigenvalue weighted by molar-refractivity contribution is 0.0910. The quantitative estimate of drug-likeness (QED) is 0.612. The van der Waals surface area contributed by atoms with Crippen LogP contribution in [0.1, 0.15) is 46.5 Å². The van der Waals surface area contributed by atoms with Gasteiger partial charge in [-0.25, -0.2) is 9.37 Å². The number of hydrogen-bond acceptors (Lipinski definition) is 4. The van der Waals surface area contributed by atoms with Crippen LogP contribution in [0.4, 0.5) is 10.1 Å². The summed E-state index contributed by atoms with van der Waals surface area (Å²) in [6.45, 7) is 3.83. The molecule has 1 aromatic carbocycles. The van der Waals surface area contributed by atoms with Gasteiger partial charge in [0.15, 0.2) is 10.9 Å². The van der Waals surface area contributed by atoms with Crippen molar-refractivity contribution in [2.45, 2.75) is 26.7 Å². The van der Waals surface area contributed by atoms with Crippen LogP contribution in [0.25, 0.3) is 5.69 Å². The third kappa shape index (κ3) is 4.01. The molecular weight excluding hydrogens is 421 g/mol. The van der Waals surface area contributed by atoms with Crippen LogP contribution in [0.15, 0.2) is 53.6 Å². The number of ketones is 1.